The molecule has 8 nitrogen and oxygen atoms in total. The van der Waals surface area contributed by atoms with E-state index in [1.165, 1.54) is 22.6 Å². The molecule has 0 bridgehead atoms. The van der Waals surface area contributed by atoms with E-state index in [9.17, 15) is 9.59 Å². The summed E-state index contributed by atoms with van der Waals surface area (Å²) in [6.07, 6.45) is 4.95. The molecule has 0 aliphatic heterocycles. The van der Waals surface area contributed by atoms with E-state index < -0.39 is 5.97 Å². The number of thioether (sulfide) groups is 1. The standard InChI is InChI=1S/C12H13N5O3S/c1-21-12-9(3-2-4-13-12)11(20)14-5-8-6-17(16-15-8)7-10(18)19/h2-4,6H,5,7H2,1H3,(H,14,20)(H,18,19). The van der Waals surface area contributed by atoms with Gasteiger partial charge in [0.25, 0.3) is 5.91 Å². The lowest BCUT2D eigenvalue weighted by Gasteiger charge is -2.06. The molecule has 0 saturated carbocycles. The molecule has 0 aliphatic carbocycles. The summed E-state index contributed by atoms with van der Waals surface area (Å²) in [5.41, 5.74) is 0.974. The van der Waals surface area contributed by atoms with Gasteiger partial charge in [0.05, 0.1) is 18.3 Å². The molecule has 0 atom stereocenters. The van der Waals surface area contributed by atoms with Crippen molar-refractivity contribution in [3.63, 3.8) is 0 Å². The predicted molar refractivity (Wildman–Crippen MR) is 74.8 cm³/mol. The molecule has 2 aromatic heterocycles. The largest absolute Gasteiger partial charge is 0.480 e. The zero-order valence-corrected chi connectivity index (χ0v) is 12.0. The minimum absolute atomic E-state index is 0.168. The quantitative estimate of drug-likeness (QED) is 0.744. The van der Waals surface area contributed by atoms with E-state index in [2.05, 4.69) is 20.6 Å². The number of aromatic nitrogens is 4. The molecule has 0 spiro atoms. The fourth-order valence-corrected chi connectivity index (χ4v) is 2.17. The van der Waals surface area contributed by atoms with Gasteiger partial charge in [0, 0.05) is 6.20 Å². The normalized spacial score (nSPS) is 10.3. The zero-order valence-electron chi connectivity index (χ0n) is 11.2. The van der Waals surface area contributed by atoms with Gasteiger partial charge in [-0.1, -0.05) is 5.21 Å². The number of carboxylic acids is 1. The number of pyridine rings is 1. The van der Waals surface area contributed by atoms with Crippen molar-refractivity contribution in [2.24, 2.45) is 0 Å². The van der Waals surface area contributed by atoms with E-state index in [0.29, 0.717) is 16.3 Å². The number of hydrogen-bond donors (Lipinski definition) is 2. The van der Waals surface area contributed by atoms with Crippen LogP contribution in [0.5, 0.6) is 0 Å². The van der Waals surface area contributed by atoms with Crippen molar-refractivity contribution in [3.8, 4) is 0 Å². The molecule has 2 aromatic rings. The Morgan fingerprint density at radius 1 is 1.48 bits per heavy atom. The van der Waals surface area contributed by atoms with Crippen LogP contribution >= 0.6 is 11.8 Å². The number of carbonyl (C=O) groups excluding carboxylic acids is 1. The molecule has 2 N–H and O–H groups in total. The average molecular weight is 307 g/mol. The van der Waals surface area contributed by atoms with Crippen LogP contribution < -0.4 is 5.32 Å². The smallest absolute Gasteiger partial charge is 0.325 e. The Morgan fingerprint density at radius 3 is 3.00 bits per heavy atom. The summed E-state index contributed by atoms with van der Waals surface area (Å²) in [5, 5.41) is 19.4. The first-order valence-corrected chi connectivity index (χ1v) is 7.20. The SMILES string of the molecule is CSc1ncccc1C(=O)NCc1cn(CC(=O)O)nn1. The maximum Gasteiger partial charge on any atom is 0.325 e. The number of rotatable bonds is 6. The van der Waals surface area contributed by atoms with E-state index in [1.54, 1.807) is 18.3 Å². The van der Waals surface area contributed by atoms with Crippen LogP contribution in [0.3, 0.4) is 0 Å². The molecule has 2 heterocycles. The fourth-order valence-electron chi connectivity index (χ4n) is 1.63. The van der Waals surface area contributed by atoms with Gasteiger partial charge in [-0.2, -0.15) is 0 Å². The van der Waals surface area contributed by atoms with Crippen molar-refractivity contribution >= 4 is 23.6 Å². The Balaban J connectivity index is 1.97. The number of hydrogen-bond acceptors (Lipinski definition) is 6. The lowest BCUT2D eigenvalue weighted by molar-refractivity contribution is -0.137. The number of nitrogens with one attached hydrogen (secondary N) is 1. The molecule has 0 radical (unpaired) electrons. The number of nitrogens with zero attached hydrogens (tertiary/aromatic N) is 4. The van der Waals surface area contributed by atoms with Crippen LogP contribution in [0.4, 0.5) is 0 Å². The molecule has 0 saturated heterocycles. The first-order valence-electron chi connectivity index (χ1n) is 5.98. The van der Waals surface area contributed by atoms with E-state index in [4.69, 9.17) is 5.11 Å². The summed E-state index contributed by atoms with van der Waals surface area (Å²) in [7, 11) is 0. The lowest BCUT2D eigenvalue weighted by atomic mass is 10.2. The monoisotopic (exact) mass is 307 g/mol. The fraction of sp³-hybridized carbons (Fsp3) is 0.250. The van der Waals surface area contributed by atoms with Gasteiger partial charge < -0.3 is 10.4 Å². The second-order valence-corrected chi connectivity index (χ2v) is 4.84. The average Bonchev–Trinajstić information content (AvgIpc) is 2.91. The number of carboxylic acid groups (broad SMARTS) is 1. The van der Waals surface area contributed by atoms with Gasteiger partial charge in [-0.3, -0.25) is 9.59 Å². The second kappa shape index (κ2) is 6.84. The molecule has 0 aromatic carbocycles. The Morgan fingerprint density at radius 2 is 2.29 bits per heavy atom. The summed E-state index contributed by atoms with van der Waals surface area (Å²) < 4.78 is 1.20. The summed E-state index contributed by atoms with van der Waals surface area (Å²) in [6.45, 7) is -0.0959. The van der Waals surface area contributed by atoms with E-state index in [0.717, 1.165) is 0 Å². The topological polar surface area (TPSA) is 110 Å². The van der Waals surface area contributed by atoms with Crippen LogP contribution in [0.25, 0.3) is 0 Å². The van der Waals surface area contributed by atoms with Crippen molar-refractivity contribution in [1.29, 1.82) is 0 Å². The Bertz CT molecular complexity index is 658. The first-order chi connectivity index (χ1) is 10.1. The van der Waals surface area contributed by atoms with Crippen molar-refractivity contribution in [2.75, 3.05) is 6.26 Å². The maximum atomic E-state index is 12.1. The third-order valence-electron chi connectivity index (χ3n) is 2.52. The van der Waals surface area contributed by atoms with Crippen LogP contribution in [-0.2, 0) is 17.9 Å². The highest BCUT2D eigenvalue weighted by atomic mass is 32.2. The Kier molecular flexibility index (Phi) is 4.88. The molecule has 0 fully saturated rings. The first kappa shape index (κ1) is 15.0. The maximum absolute atomic E-state index is 12.1. The predicted octanol–water partition coefficient (Wildman–Crippen LogP) is 0.410. The van der Waals surface area contributed by atoms with Gasteiger partial charge in [0.1, 0.15) is 17.3 Å². The molecule has 0 aliphatic rings. The molecular weight excluding hydrogens is 294 g/mol. The second-order valence-electron chi connectivity index (χ2n) is 4.04. The van der Waals surface area contributed by atoms with Gasteiger partial charge in [-0.05, 0) is 18.4 Å². The van der Waals surface area contributed by atoms with Crippen LogP contribution in [0, 0.1) is 0 Å². The summed E-state index contributed by atoms with van der Waals surface area (Å²) in [4.78, 5) is 26.7. The van der Waals surface area contributed by atoms with Gasteiger partial charge >= 0.3 is 5.97 Å². The Hall–Kier alpha value is -2.42. The Labute approximate surface area is 124 Å². The number of aliphatic carboxylic acids is 1. The van der Waals surface area contributed by atoms with E-state index >= 15 is 0 Å². The van der Waals surface area contributed by atoms with Crippen molar-refractivity contribution in [3.05, 3.63) is 35.8 Å². The molecule has 0 unspecified atom stereocenters. The molecular formula is C12H13N5O3S. The third kappa shape index (κ3) is 4.02. The molecule has 1 amide bonds. The molecule has 110 valence electrons. The van der Waals surface area contributed by atoms with Crippen LogP contribution in [-0.4, -0.2) is 43.2 Å². The van der Waals surface area contributed by atoms with Crippen molar-refractivity contribution < 1.29 is 14.7 Å². The highest BCUT2D eigenvalue weighted by Gasteiger charge is 2.12. The van der Waals surface area contributed by atoms with Crippen LogP contribution in [0.1, 0.15) is 16.1 Å². The van der Waals surface area contributed by atoms with E-state index in [-0.39, 0.29) is 19.0 Å². The molecule has 21 heavy (non-hydrogen) atoms. The summed E-state index contributed by atoms with van der Waals surface area (Å²) in [5.74, 6) is -1.27. The minimum atomic E-state index is -1.00. The zero-order chi connectivity index (χ0) is 15.2. The molecule has 2 rings (SSSR count). The summed E-state index contributed by atoms with van der Waals surface area (Å²) >= 11 is 1.39. The van der Waals surface area contributed by atoms with Crippen molar-refractivity contribution in [2.45, 2.75) is 18.1 Å². The van der Waals surface area contributed by atoms with Crippen molar-refractivity contribution in [1.82, 2.24) is 25.3 Å². The summed E-state index contributed by atoms with van der Waals surface area (Å²) in [6, 6.07) is 3.38. The van der Waals surface area contributed by atoms with Gasteiger partial charge in [0.15, 0.2) is 0 Å². The number of carbonyl (C=O) groups is 2. The molecule has 9 heteroatoms. The van der Waals surface area contributed by atoms with Crippen LogP contribution in [0.2, 0.25) is 0 Å². The van der Waals surface area contributed by atoms with Gasteiger partial charge in [0.2, 0.25) is 0 Å². The van der Waals surface area contributed by atoms with Gasteiger partial charge in [-0.15, -0.1) is 16.9 Å². The highest BCUT2D eigenvalue weighted by molar-refractivity contribution is 7.98. The highest BCUT2D eigenvalue weighted by Crippen LogP contribution is 2.16. The van der Waals surface area contributed by atoms with Gasteiger partial charge in [-0.25, -0.2) is 9.67 Å². The minimum Gasteiger partial charge on any atom is -0.480 e. The third-order valence-corrected chi connectivity index (χ3v) is 3.23. The van der Waals surface area contributed by atoms with E-state index in [1.807, 2.05) is 6.26 Å². The lowest BCUT2D eigenvalue weighted by Crippen LogP contribution is -2.23. The number of amides is 1. The van der Waals surface area contributed by atoms with Crippen LogP contribution in [0.15, 0.2) is 29.6 Å².